The first-order valence-corrected chi connectivity index (χ1v) is 5.53. The summed E-state index contributed by atoms with van der Waals surface area (Å²) in [5.74, 6) is -0.192. The highest BCUT2D eigenvalue weighted by molar-refractivity contribution is 9.10. The van der Waals surface area contributed by atoms with Gasteiger partial charge in [0.15, 0.2) is 5.78 Å². The second kappa shape index (κ2) is 5.09. The molecule has 0 aliphatic carbocycles. The lowest BCUT2D eigenvalue weighted by Gasteiger charge is -2.07. The smallest absolute Gasteiger partial charge is 0.166 e. The molecule has 0 spiro atoms. The zero-order valence-electron chi connectivity index (χ0n) is 8.75. The van der Waals surface area contributed by atoms with E-state index in [0.717, 1.165) is 10.0 Å². The fourth-order valence-corrected chi connectivity index (χ4v) is 1.56. The van der Waals surface area contributed by atoms with Gasteiger partial charge in [-0.25, -0.2) is 0 Å². The van der Waals surface area contributed by atoms with E-state index in [-0.39, 0.29) is 18.1 Å². The SMILES string of the molecule is Cc1cc(C(=O)C(C)CC#N)ccc1Br. The van der Waals surface area contributed by atoms with Gasteiger partial charge >= 0.3 is 0 Å². The summed E-state index contributed by atoms with van der Waals surface area (Å²) in [5, 5.41) is 8.52. The van der Waals surface area contributed by atoms with Crippen molar-refractivity contribution in [2.24, 2.45) is 5.92 Å². The van der Waals surface area contributed by atoms with Crippen LogP contribution in [-0.2, 0) is 0 Å². The van der Waals surface area contributed by atoms with Gasteiger partial charge in [0.25, 0.3) is 0 Å². The van der Waals surface area contributed by atoms with E-state index in [1.165, 1.54) is 0 Å². The number of Topliss-reactive ketones (excluding diaryl/α,β-unsaturated/α-hetero) is 1. The lowest BCUT2D eigenvalue weighted by molar-refractivity contribution is 0.0932. The molecule has 1 atom stereocenters. The average Bonchev–Trinajstić information content (AvgIpc) is 2.21. The van der Waals surface area contributed by atoms with Crippen LogP contribution in [0.3, 0.4) is 0 Å². The topological polar surface area (TPSA) is 40.9 Å². The molecule has 1 unspecified atom stereocenters. The second-order valence-electron chi connectivity index (χ2n) is 3.59. The minimum Gasteiger partial charge on any atom is -0.294 e. The summed E-state index contributed by atoms with van der Waals surface area (Å²) >= 11 is 3.38. The number of halogens is 1. The van der Waals surface area contributed by atoms with Crippen molar-refractivity contribution in [3.05, 3.63) is 33.8 Å². The van der Waals surface area contributed by atoms with E-state index >= 15 is 0 Å². The van der Waals surface area contributed by atoms with Crippen molar-refractivity contribution < 1.29 is 4.79 Å². The number of nitriles is 1. The van der Waals surface area contributed by atoms with Crippen LogP contribution in [-0.4, -0.2) is 5.78 Å². The molecular formula is C12H12BrNO. The molecule has 0 radical (unpaired) electrons. The Morgan fingerprint density at radius 2 is 2.27 bits per heavy atom. The molecule has 0 saturated carbocycles. The molecule has 2 nitrogen and oxygen atoms in total. The van der Waals surface area contributed by atoms with Crippen LogP contribution in [0.1, 0.15) is 29.3 Å². The van der Waals surface area contributed by atoms with Gasteiger partial charge in [0.05, 0.1) is 6.07 Å². The number of hydrogen-bond donors (Lipinski definition) is 0. The number of nitrogens with zero attached hydrogens (tertiary/aromatic N) is 1. The molecule has 15 heavy (non-hydrogen) atoms. The van der Waals surface area contributed by atoms with Gasteiger partial charge in [-0.3, -0.25) is 4.79 Å². The number of rotatable bonds is 3. The molecule has 0 N–H and O–H groups in total. The molecule has 1 aromatic carbocycles. The molecule has 0 amide bonds. The van der Waals surface area contributed by atoms with Crippen LogP contribution < -0.4 is 0 Å². The maximum absolute atomic E-state index is 11.8. The maximum Gasteiger partial charge on any atom is 0.166 e. The van der Waals surface area contributed by atoms with E-state index in [0.29, 0.717) is 5.56 Å². The van der Waals surface area contributed by atoms with Crippen LogP contribution >= 0.6 is 15.9 Å². The van der Waals surface area contributed by atoms with Crippen molar-refractivity contribution in [1.82, 2.24) is 0 Å². The lowest BCUT2D eigenvalue weighted by atomic mass is 9.96. The summed E-state index contributed by atoms with van der Waals surface area (Å²) in [6.07, 6.45) is 0.272. The fourth-order valence-electron chi connectivity index (χ4n) is 1.31. The standard InChI is InChI=1S/C12H12BrNO/c1-8(5-6-14)12(15)10-3-4-11(13)9(2)7-10/h3-4,7-8H,5H2,1-2H3. The molecular weight excluding hydrogens is 254 g/mol. The van der Waals surface area contributed by atoms with Crippen molar-refractivity contribution in [2.45, 2.75) is 20.3 Å². The van der Waals surface area contributed by atoms with Crippen molar-refractivity contribution in [3.63, 3.8) is 0 Å². The van der Waals surface area contributed by atoms with E-state index in [9.17, 15) is 4.79 Å². The third-order valence-electron chi connectivity index (χ3n) is 2.29. The largest absolute Gasteiger partial charge is 0.294 e. The van der Waals surface area contributed by atoms with Gasteiger partial charge in [-0.05, 0) is 24.6 Å². The van der Waals surface area contributed by atoms with Crippen molar-refractivity contribution >= 4 is 21.7 Å². The number of carbonyl (C=O) groups is 1. The third-order valence-corrected chi connectivity index (χ3v) is 3.18. The Bertz CT molecular complexity index is 420. The Hall–Kier alpha value is -1.14. The molecule has 1 rings (SSSR count). The molecule has 0 aliphatic rings. The zero-order chi connectivity index (χ0) is 11.4. The quantitative estimate of drug-likeness (QED) is 0.786. The van der Waals surface area contributed by atoms with Gasteiger partial charge in [0.2, 0.25) is 0 Å². The fraction of sp³-hybridized carbons (Fsp3) is 0.333. The third kappa shape index (κ3) is 2.90. The van der Waals surface area contributed by atoms with Gasteiger partial charge in [-0.2, -0.15) is 5.26 Å². The van der Waals surface area contributed by atoms with Crippen LogP contribution in [0.4, 0.5) is 0 Å². The van der Waals surface area contributed by atoms with Crippen LogP contribution in [0, 0.1) is 24.2 Å². The molecule has 0 fully saturated rings. The van der Waals surface area contributed by atoms with Gasteiger partial charge in [0, 0.05) is 22.4 Å². The minimum absolute atomic E-state index is 0.0344. The predicted octanol–water partition coefficient (Wildman–Crippen LogP) is 3.49. The summed E-state index contributed by atoms with van der Waals surface area (Å²) < 4.78 is 0.993. The van der Waals surface area contributed by atoms with Crippen LogP contribution in [0.15, 0.2) is 22.7 Å². The Morgan fingerprint density at radius 3 is 2.80 bits per heavy atom. The normalized spacial score (nSPS) is 11.9. The van der Waals surface area contributed by atoms with Crippen molar-refractivity contribution in [3.8, 4) is 6.07 Å². The number of hydrogen-bond acceptors (Lipinski definition) is 2. The van der Waals surface area contributed by atoms with Crippen molar-refractivity contribution in [1.29, 1.82) is 5.26 Å². The highest BCUT2D eigenvalue weighted by Gasteiger charge is 2.15. The summed E-state index contributed by atoms with van der Waals surface area (Å²) in [5.41, 5.74) is 1.71. The lowest BCUT2D eigenvalue weighted by Crippen LogP contribution is -2.10. The number of ketones is 1. The van der Waals surface area contributed by atoms with Gasteiger partial charge in [0.1, 0.15) is 0 Å². The molecule has 3 heteroatoms. The van der Waals surface area contributed by atoms with Crippen LogP contribution in [0.2, 0.25) is 0 Å². The van der Waals surface area contributed by atoms with Crippen LogP contribution in [0.25, 0.3) is 0 Å². The maximum atomic E-state index is 11.8. The molecule has 0 aromatic heterocycles. The molecule has 0 heterocycles. The highest BCUT2D eigenvalue weighted by Crippen LogP contribution is 2.19. The number of benzene rings is 1. The van der Waals surface area contributed by atoms with Gasteiger partial charge in [-0.1, -0.05) is 28.9 Å². The summed E-state index contributed by atoms with van der Waals surface area (Å²) in [4.78, 5) is 11.8. The number of aryl methyl sites for hydroxylation is 1. The van der Waals surface area contributed by atoms with E-state index in [2.05, 4.69) is 15.9 Å². The molecule has 78 valence electrons. The number of carbonyl (C=O) groups excluding carboxylic acids is 1. The van der Waals surface area contributed by atoms with E-state index < -0.39 is 0 Å². The Morgan fingerprint density at radius 1 is 1.60 bits per heavy atom. The average molecular weight is 266 g/mol. The van der Waals surface area contributed by atoms with Crippen molar-refractivity contribution in [2.75, 3.05) is 0 Å². The Kier molecular flexibility index (Phi) is 4.05. The zero-order valence-corrected chi connectivity index (χ0v) is 10.3. The summed E-state index contributed by atoms with van der Waals surface area (Å²) in [7, 11) is 0. The first-order chi connectivity index (χ1) is 7.06. The first-order valence-electron chi connectivity index (χ1n) is 4.73. The molecule has 0 bridgehead atoms. The molecule has 0 aliphatic heterocycles. The summed E-state index contributed by atoms with van der Waals surface area (Å²) in [6.45, 7) is 3.72. The molecule has 1 aromatic rings. The monoisotopic (exact) mass is 265 g/mol. The summed E-state index contributed by atoms with van der Waals surface area (Å²) in [6, 6.07) is 7.51. The van der Waals surface area contributed by atoms with E-state index in [1.807, 2.05) is 25.1 Å². The van der Waals surface area contributed by atoms with Gasteiger partial charge in [-0.15, -0.1) is 0 Å². The van der Waals surface area contributed by atoms with E-state index in [4.69, 9.17) is 5.26 Å². The highest BCUT2D eigenvalue weighted by atomic mass is 79.9. The predicted molar refractivity (Wildman–Crippen MR) is 62.6 cm³/mol. The Balaban J connectivity index is 2.93. The second-order valence-corrected chi connectivity index (χ2v) is 4.45. The van der Waals surface area contributed by atoms with E-state index in [1.54, 1.807) is 13.0 Å². The van der Waals surface area contributed by atoms with Crippen LogP contribution in [0.5, 0.6) is 0 Å². The molecule has 0 saturated heterocycles. The minimum atomic E-state index is -0.226. The Labute approximate surface area is 98.0 Å². The van der Waals surface area contributed by atoms with Gasteiger partial charge < -0.3 is 0 Å². The first kappa shape index (κ1) is 11.9.